The summed E-state index contributed by atoms with van der Waals surface area (Å²) in [5, 5.41) is 0. The Morgan fingerprint density at radius 3 is 0.988 bits per heavy atom. The van der Waals surface area contributed by atoms with Crippen molar-refractivity contribution in [2.24, 2.45) is 0 Å². The van der Waals surface area contributed by atoms with Crippen LogP contribution in [0, 0.1) is 83.1 Å². The molecule has 0 aromatic heterocycles. The molecule has 6 heteroatoms. The smallest absolute Gasteiger partial charge is 0.252 e. The van der Waals surface area contributed by atoms with Gasteiger partial charge in [-0.1, -0.05) is 148 Å². The summed E-state index contributed by atoms with van der Waals surface area (Å²) in [7, 11) is 0. The Bertz CT molecular complexity index is 4530. The number of rotatable bonds is 6. The van der Waals surface area contributed by atoms with Gasteiger partial charge in [0.2, 0.25) is 0 Å². The molecule has 406 valence electrons. The number of fused-ring (bicyclic) bond motifs is 8. The second-order valence-corrected chi connectivity index (χ2v) is 25.0. The first kappa shape index (κ1) is 51.6. The van der Waals surface area contributed by atoms with Gasteiger partial charge in [0, 0.05) is 68.2 Å². The molecule has 84 heavy (non-hydrogen) atoms. The first-order chi connectivity index (χ1) is 40.6. The molecule has 4 heterocycles. The average Bonchev–Trinajstić information content (AvgIpc) is 1.01. The van der Waals surface area contributed by atoms with Gasteiger partial charge in [-0.05, 0) is 251 Å². The van der Waals surface area contributed by atoms with Gasteiger partial charge in [-0.15, -0.1) is 0 Å². The SMILES string of the molecule is Cc1ccc(N2c3ccc(C)cc3B3c4cc5c(cc4N(c4ccc(C)cc4)c4cc(-c6c(C)cc(C)cc6C)cc2c43)N(c2ccc(C)cc2)c2cc(-c3c(C)cc(C)cc3C)cc3c2B5c2c(C)cccc2N3c2ccc(C)cc2)cc1. The van der Waals surface area contributed by atoms with E-state index in [1.807, 2.05) is 0 Å². The van der Waals surface area contributed by atoms with Crippen LogP contribution in [0.4, 0.5) is 68.2 Å². The van der Waals surface area contributed by atoms with E-state index in [4.69, 9.17) is 0 Å². The van der Waals surface area contributed by atoms with E-state index in [0.29, 0.717) is 0 Å². The molecule has 0 N–H and O–H groups in total. The van der Waals surface area contributed by atoms with E-state index in [1.165, 1.54) is 167 Å². The van der Waals surface area contributed by atoms with E-state index >= 15 is 0 Å². The molecule has 0 amide bonds. The maximum absolute atomic E-state index is 2.68. The minimum Gasteiger partial charge on any atom is -0.311 e. The van der Waals surface area contributed by atoms with Crippen molar-refractivity contribution in [1.29, 1.82) is 0 Å². The largest absolute Gasteiger partial charge is 0.311 e. The minimum atomic E-state index is -0.101. The Morgan fingerprint density at radius 2 is 0.571 bits per heavy atom. The van der Waals surface area contributed by atoms with E-state index < -0.39 is 0 Å². The van der Waals surface area contributed by atoms with Crippen molar-refractivity contribution in [3.63, 3.8) is 0 Å². The van der Waals surface area contributed by atoms with Gasteiger partial charge in [0.1, 0.15) is 0 Å². The molecule has 4 aliphatic rings. The second-order valence-electron chi connectivity index (χ2n) is 25.0. The van der Waals surface area contributed by atoms with Crippen LogP contribution in [0.25, 0.3) is 22.3 Å². The highest BCUT2D eigenvalue weighted by molar-refractivity contribution is 7.03. The molecule has 0 saturated heterocycles. The fraction of sp³-hybridized carbons (Fsp3) is 0.154. The molecule has 4 nitrogen and oxygen atoms in total. The highest BCUT2D eigenvalue weighted by atomic mass is 15.2. The molecule has 0 aliphatic carbocycles. The van der Waals surface area contributed by atoms with Crippen LogP contribution in [0.1, 0.15) is 66.8 Å². The van der Waals surface area contributed by atoms with Crippen LogP contribution < -0.4 is 52.4 Å². The summed E-state index contributed by atoms with van der Waals surface area (Å²) in [6, 6.07) is 75.8. The zero-order chi connectivity index (χ0) is 57.7. The van der Waals surface area contributed by atoms with Gasteiger partial charge < -0.3 is 19.6 Å². The van der Waals surface area contributed by atoms with E-state index in [2.05, 4.69) is 297 Å². The highest BCUT2D eigenvalue weighted by Crippen LogP contribution is 2.51. The fourth-order valence-corrected chi connectivity index (χ4v) is 15.3. The summed E-state index contributed by atoms with van der Waals surface area (Å²) in [5.41, 5.74) is 42.3. The lowest BCUT2D eigenvalue weighted by Gasteiger charge is -2.48. The van der Waals surface area contributed by atoms with E-state index in [-0.39, 0.29) is 13.4 Å². The molecule has 0 radical (unpaired) electrons. The van der Waals surface area contributed by atoms with Crippen molar-refractivity contribution in [1.82, 2.24) is 0 Å². The van der Waals surface area contributed by atoms with Crippen molar-refractivity contribution < 1.29 is 0 Å². The molecular formula is C78H68B2N4. The lowest BCUT2D eigenvalue weighted by atomic mass is 9.30. The predicted molar refractivity (Wildman–Crippen MR) is 362 cm³/mol. The second kappa shape index (κ2) is 19.2. The van der Waals surface area contributed by atoms with Gasteiger partial charge in [0.05, 0.1) is 0 Å². The summed E-state index contributed by atoms with van der Waals surface area (Å²) in [4.78, 5) is 10.4. The minimum absolute atomic E-state index is 0.0997. The predicted octanol–water partition coefficient (Wildman–Crippen LogP) is 16.9. The van der Waals surface area contributed by atoms with Crippen LogP contribution in [0.3, 0.4) is 0 Å². The molecular weight excluding hydrogens is 1010 g/mol. The molecule has 0 saturated carbocycles. The van der Waals surface area contributed by atoms with Crippen LogP contribution in [-0.4, -0.2) is 13.4 Å². The van der Waals surface area contributed by atoms with Gasteiger partial charge in [0.25, 0.3) is 13.4 Å². The zero-order valence-corrected chi connectivity index (χ0v) is 50.4. The third-order valence-corrected chi connectivity index (χ3v) is 18.8. The van der Waals surface area contributed by atoms with Gasteiger partial charge in [0.15, 0.2) is 0 Å². The Morgan fingerprint density at radius 1 is 0.226 bits per heavy atom. The summed E-state index contributed by atoms with van der Waals surface area (Å²) >= 11 is 0. The van der Waals surface area contributed by atoms with Gasteiger partial charge in [-0.3, -0.25) is 0 Å². The van der Waals surface area contributed by atoms with Gasteiger partial charge >= 0.3 is 0 Å². The molecule has 0 atom stereocenters. The standard InChI is InChI=1S/C78H68B2N4/c1-45-16-25-59(26-17-45)81-66-33-24-49(5)38-63(66)79-64-43-65-69(44-68(64)83(61-29-20-47(3)21-30-61)71-40-57(39-70(81)77(71)79)74-53(9)34-50(6)35-54(74)10)84(62-31-22-48(4)23-32-62)73-42-58(75-55(11)36-51(7)37-56(75)12)41-72-78(73)80(65)76-52(8)14-13-15-67(76)82(72)60-27-18-46(2)19-28-60/h13-44H,1-12H3. The van der Waals surface area contributed by atoms with Gasteiger partial charge in [-0.25, -0.2) is 0 Å². The molecule has 0 unspecified atom stereocenters. The quantitative estimate of drug-likeness (QED) is 0.154. The van der Waals surface area contributed by atoms with Crippen molar-refractivity contribution in [3.05, 3.63) is 261 Å². The molecule has 11 aromatic rings. The molecule has 0 spiro atoms. The first-order valence-electron chi connectivity index (χ1n) is 30.0. The monoisotopic (exact) mass is 1080 g/mol. The van der Waals surface area contributed by atoms with Crippen LogP contribution in [0.5, 0.6) is 0 Å². The number of benzene rings is 11. The average molecular weight is 1080 g/mol. The van der Waals surface area contributed by atoms with Gasteiger partial charge in [-0.2, -0.15) is 0 Å². The Kier molecular flexibility index (Phi) is 11.8. The van der Waals surface area contributed by atoms with Crippen molar-refractivity contribution in [2.75, 3.05) is 19.6 Å². The number of hydrogen-bond acceptors (Lipinski definition) is 4. The van der Waals surface area contributed by atoms with Crippen LogP contribution in [0.15, 0.2) is 194 Å². The van der Waals surface area contributed by atoms with Crippen LogP contribution >= 0.6 is 0 Å². The fourth-order valence-electron chi connectivity index (χ4n) is 15.3. The highest BCUT2D eigenvalue weighted by Gasteiger charge is 2.49. The third kappa shape index (κ3) is 7.90. The van der Waals surface area contributed by atoms with Crippen LogP contribution in [0.2, 0.25) is 0 Å². The normalized spacial score (nSPS) is 13.3. The maximum Gasteiger partial charge on any atom is 0.252 e. The Balaban J connectivity index is 1.10. The lowest BCUT2D eigenvalue weighted by Crippen LogP contribution is -2.65. The number of anilines is 12. The summed E-state index contributed by atoms with van der Waals surface area (Å²) in [5.74, 6) is 0. The Hall–Kier alpha value is -9.25. The maximum atomic E-state index is 2.68. The van der Waals surface area contributed by atoms with E-state index in [0.717, 1.165) is 22.7 Å². The Labute approximate surface area is 497 Å². The van der Waals surface area contributed by atoms with E-state index in [1.54, 1.807) is 0 Å². The topological polar surface area (TPSA) is 13.0 Å². The first-order valence-corrected chi connectivity index (χ1v) is 30.0. The number of aryl methyl sites for hydroxylation is 12. The lowest BCUT2D eigenvalue weighted by molar-refractivity contribution is 1.22. The molecule has 4 aliphatic heterocycles. The number of hydrogen-bond donors (Lipinski definition) is 0. The third-order valence-electron chi connectivity index (χ3n) is 18.8. The van der Waals surface area contributed by atoms with Crippen molar-refractivity contribution in [3.8, 4) is 22.3 Å². The van der Waals surface area contributed by atoms with Crippen molar-refractivity contribution in [2.45, 2.75) is 83.1 Å². The van der Waals surface area contributed by atoms with E-state index in [9.17, 15) is 0 Å². The van der Waals surface area contributed by atoms with Crippen LogP contribution in [-0.2, 0) is 0 Å². The zero-order valence-electron chi connectivity index (χ0n) is 50.4. The molecule has 0 bridgehead atoms. The molecule has 15 rings (SSSR count). The molecule has 0 fully saturated rings. The number of nitrogens with zero attached hydrogens (tertiary/aromatic N) is 4. The summed E-state index contributed by atoms with van der Waals surface area (Å²) in [6.45, 7) is 26.8. The summed E-state index contributed by atoms with van der Waals surface area (Å²) in [6.07, 6.45) is 0. The summed E-state index contributed by atoms with van der Waals surface area (Å²) < 4.78 is 0. The molecule has 11 aromatic carbocycles. The van der Waals surface area contributed by atoms with Crippen molar-refractivity contribution >= 4 is 114 Å².